The summed E-state index contributed by atoms with van der Waals surface area (Å²) < 4.78 is 28.1. The topological polar surface area (TPSA) is 75.6 Å². The maximum absolute atomic E-state index is 12.8. The van der Waals surface area contributed by atoms with Crippen LogP contribution in [0.3, 0.4) is 0 Å². The van der Waals surface area contributed by atoms with Gasteiger partial charge in [-0.15, -0.1) is 0 Å². The number of hydrogen-bond donors (Lipinski definition) is 2. The quantitative estimate of drug-likeness (QED) is 0.463. The molecule has 0 saturated carbocycles. The lowest BCUT2D eigenvalue weighted by Crippen LogP contribution is -2.15. The molecule has 2 N–H and O–H groups in total. The smallest absolute Gasteiger partial charge is 0.295 e. The number of halogens is 3. The van der Waals surface area contributed by atoms with E-state index in [1.165, 1.54) is 12.1 Å². The number of alkyl halides is 2. The highest BCUT2D eigenvalue weighted by atomic mass is 79.9. The molecule has 4 aromatic rings. The number of fused-ring (bicyclic) bond motifs is 1. The average Bonchev–Trinajstić information content (AvgIpc) is 3.24. The molecule has 2 aromatic carbocycles. The van der Waals surface area contributed by atoms with Gasteiger partial charge >= 0.3 is 0 Å². The normalized spacial score (nSPS) is 11.3. The highest BCUT2D eigenvalue weighted by Crippen LogP contribution is 2.23. The van der Waals surface area contributed by atoms with Gasteiger partial charge in [-0.25, -0.2) is 18.4 Å². The van der Waals surface area contributed by atoms with Crippen molar-refractivity contribution in [2.24, 2.45) is 0 Å². The predicted octanol–water partition coefficient (Wildman–Crippen LogP) is 5.01. The van der Waals surface area contributed by atoms with Crippen LogP contribution in [0.5, 0.6) is 0 Å². The Morgan fingerprint density at radius 2 is 2.04 bits per heavy atom. The first-order chi connectivity index (χ1) is 13.4. The molecule has 0 unspecified atom stereocenters. The minimum Gasteiger partial charge on any atom is -0.337 e. The average molecular weight is 446 g/mol. The second-order valence-corrected chi connectivity index (χ2v) is 7.09. The first kappa shape index (κ1) is 18.3. The van der Waals surface area contributed by atoms with Crippen molar-refractivity contribution >= 4 is 38.7 Å². The Bertz CT molecular complexity index is 1180. The highest BCUT2D eigenvalue weighted by molar-refractivity contribution is 9.10. The first-order valence-corrected chi connectivity index (χ1v) is 9.12. The van der Waals surface area contributed by atoms with Crippen molar-refractivity contribution in [3.63, 3.8) is 0 Å². The summed E-state index contributed by atoms with van der Waals surface area (Å²) >= 11 is 3.42. The van der Waals surface area contributed by atoms with Crippen LogP contribution in [0.25, 0.3) is 16.7 Å². The summed E-state index contributed by atoms with van der Waals surface area (Å²) in [5.74, 6) is -0.305. The van der Waals surface area contributed by atoms with Gasteiger partial charge in [-0.2, -0.15) is 5.10 Å². The number of aromatic nitrogens is 4. The summed E-state index contributed by atoms with van der Waals surface area (Å²) in [4.78, 5) is 19.1. The van der Waals surface area contributed by atoms with E-state index in [1.54, 1.807) is 16.8 Å². The van der Waals surface area contributed by atoms with Crippen LogP contribution in [0.4, 0.5) is 14.6 Å². The molecule has 0 aliphatic heterocycles. The maximum Gasteiger partial charge on any atom is 0.295 e. The van der Waals surface area contributed by atoms with Crippen LogP contribution >= 0.6 is 15.9 Å². The summed E-state index contributed by atoms with van der Waals surface area (Å²) in [6.07, 6.45) is -2.70. The van der Waals surface area contributed by atoms with E-state index in [0.29, 0.717) is 22.4 Å². The van der Waals surface area contributed by atoms with Gasteiger partial charge in [0, 0.05) is 16.1 Å². The van der Waals surface area contributed by atoms with Crippen molar-refractivity contribution in [1.29, 1.82) is 0 Å². The third-order valence-corrected chi connectivity index (χ3v) is 4.59. The molecular formula is C19H14BrF2N5O. The van der Waals surface area contributed by atoms with Crippen molar-refractivity contribution in [1.82, 2.24) is 19.7 Å². The zero-order valence-electron chi connectivity index (χ0n) is 14.6. The number of nitrogens with zero attached hydrogens (tertiary/aromatic N) is 3. The predicted molar refractivity (Wildman–Crippen MR) is 105 cm³/mol. The lowest BCUT2D eigenvalue weighted by molar-refractivity contribution is 0.102. The van der Waals surface area contributed by atoms with Gasteiger partial charge < -0.3 is 10.3 Å². The van der Waals surface area contributed by atoms with E-state index in [4.69, 9.17) is 0 Å². The van der Waals surface area contributed by atoms with Crippen LogP contribution in [0.2, 0.25) is 0 Å². The van der Waals surface area contributed by atoms with Gasteiger partial charge in [-0.05, 0) is 43.3 Å². The third-order valence-electron chi connectivity index (χ3n) is 4.09. The molecule has 0 bridgehead atoms. The standard InChI is InChI=1S/C19H14BrF2N5O/c1-10-7-16(27(26-10)13-4-2-3-12(20)9-13)25-19(28)11-5-6-14-15(8-11)24-18(23-14)17(21)22/h2-9,17H,1H3,(H,23,24)(H,25,28). The molecule has 9 heteroatoms. The van der Waals surface area contributed by atoms with Gasteiger partial charge in [0.15, 0.2) is 5.82 Å². The zero-order valence-corrected chi connectivity index (χ0v) is 16.2. The van der Waals surface area contributed by atoms with E-state index in [0.717, 1.165) is 15.9 Å². The van der Waals surface area contributed by atoms with E-state index in [2.05, 4.69) is 36.3 Å². The largest absolute Gasteiger partial charge is 0.337 e. The number of amides is 1. The maximum atomic E-state index is 12.8. The molecule has 0 fully saturated rings. The SMILES string of the molecule is Cc1cc(NC(=O)c2ccc3nc(C(F)F)[nH]c3c2)n(-c2cccc(Br)c2)n1. The van der Waals surface area contributed by atoms with E-state index in [-0.39, 0.29) is 5.91 Å². The molecule has 28 heavy (non-hydrogen) atoms. The number of rotatable bonds is 4. The Hall–Kier alpha value is -3.07. The van der Waals surface area contributed by atoms with Crippen LogP contribution in [0.1, 0.15) is 28.3 Å². The molecule has 0 saturated heterocycles. The van der Waals surface area contributed by atoms with Crippen LogP contribution in [-0.4, -0.2) is 25.7 Å². The number of anilines is 1. The number of carbonyl (C=O) groups is 1. The summed E-state index contributed by atoms with van der Waals surface area (Å²) in [7, 11) is 0. The zero-order chi connectivity index (χ0) is 19.8. The lowest BCUT2D eigenvalue weighted by atomic mass is 10.2. The molecule has 2 aromatic heterocycles. The van der Waals surface area contributed by atoms with Gasteiger partial charge in [0.1, 0.15) is 5.82 Å². The first-order valence-electron chi connectivity index (χ1n) is 8.32. The molecule has 142 valence electrons. The molecule has 6 nitrogen and oxygen atoms in total. The van der Waals surface area contributed by atoms with Crippen molar-refractivity contribution in [3.8, 4) is 5.69 Å². The second kappa shape index (κ2) is 7.16. The monoisotopic (exact) mass is 445 g/mol. The number of H-pyrrole nitrogens is 1. The summed E-state index contributed by atoms with van der Waals surface area (Å²) in [6.45, 7) is 1.83. The number of hydrogen-bond acceptors (Lipinski definition) is 3. The van der Waals surface area contributed by atoms with E-state index >= 15 is 0 Å². The van der Waals surface area contributed by atoms with Crippen LogP contribution in [0, 0.1) is 6.92 Å². The molecule has 0 aliphatic rings. The Labute approximate surface area is 166 Å². The van der Waals surface area contributed by atoms with Crippen LogP contribution in [0.15, 0.2) is 53.0 Å². The van der Waals surface area contributed by atoms with Crippen molar-refractivity contribution in [2.45, 2.75) is 13.3 Å². The molecule has 0 radical (unpaired) electrons. The molecule has 4 rings (SSSR count). The fourth-order valence-electron chi connectivity index (χ4n) is 2.86. The van der Waals surface area contributed by atoms with Crippen LogP contribution in [-0.2, 0) is 0 Å². The summed E-state index contributed by atoms with van der Waals surface area (Å²) in [5.41, 5.74) is 2.59. The molecular weight excluding hydrogens is 432 g/mol. The Balaban J connectivity index is 1.65. The summed E-state index contributed by atoms with van der Waals surface area (Å²) in [5, 5.41) is 7.25. The van der Waals surface area contributed by atoms with Gasteiger partial charge in [0.05, 0.1) is 22.4 Å². The van der Waals surface area contributed by atoms with Gasteiger partial charge in [-0.3, -0.25) is 4.79 Å². The number of aromatic amines is 1. The Kier molecular flexibility index (Phi) is 4.68. The summed E-state index contributed by atoms with van der Waals surface area (Å²) in [6, 6.07) is 13.8. The van der Waals surface area contributed by atoms with Crippen LogP contribution < -0.4 is 5.32 Å². The fraction of sp³-hybridized carbons (Fsp3) is 0.105. The number of aryl methyl sites for hydroxylation is 1. The van der Waals surface area contributed by atoms with Crippen molar-refractivity contribution in [3.05, 3.63) is 70.1 Å². The molecule has 0 spiro atoms. The molecule has 2 heterocycles. The third kappa shape index (κ3) is 3.53. The van der Waals surface area contributed by atoms with E-state index < -0.39 is 12.2 Å². The lowest BCUT2D eigenvalue weighted by Gasteiger charge is -2.09. The van der Waals surface area contributed by atoms with Gasteiger partial charge in [0.25, 0.3) is 12.3 Å². The molecule has 1 amide bonds. The molecule has 0 atom stereocenters. The number of benzene rings is 2. The van der Waals surface area contributed by atoms with E-state index in [1.807, 2.05) is 31.2 Å². The fourth-order valence-corrected chi connectivity index (χ4v) is 3.24. The van der Waals surface area contributed by atoms with Crippen molar-refractivity contribution < 1.29 is 13.6 Å². The highest BCUT2D eigenvalue weighted by Gasteiger charge is 2.16. The molecule has 0 aliphatic carbocycles. The number of carbonyl (C=O) groups excluding carboxylic acids is 1. The minimum atomic E-state index is -2.70. The number of imidazole rings is 1. The Morgan fingerprint density at radius 1 is 1.21 bits per heavy atom. The van der Waals surface area contributed by atoms with Crippen molar-refractivity contribution in [2.75, 3.05) is 5.32 Å². The van der Waals surface area contributed by atoms with Gasteiger partial charge in [-0.1, -0.05) is 22.0 Å². The van der Waals surface area contributed by atoms with E-state index in [9.17, 15) is 13.6 Å². The van der Waals surface area contributed by atoms with Gasteiger partial charge in [0.2, 0.25) is 0 Å². The Morgan fingerprint density at radius 3 is 2.79 bits per heavy atom. The number of nitrogens with one attached hydrogen (secondary N) is 2. The minimum absolute atomic E-state index is 0.316. The second-order valence-electron chi connectivity index (χ2n) is 6.17.